The third-order valence-corrected chi connectivity index (χ3v) is 6.99. The second-order valence-corrected chi connectivity index (χ2v) is 9.60. The number of hydrogen-bond donors (Lipinski definition) is 1. The van der Waals surface area contributed by atoms with Crippen molar-refractivity contribution < 1.29 is 4.39 Å². The van der Waals surface area contributed by atoms with Crippen molar-refractivity contribution in [3.05, 3.63) is 125 Å². The summed E-state index contributed by atoms with van der Waals surface area (Å²) in [5.41, 5.74) is 5.72. The van der Waals surface area contributed by atoms with E-state index in [0.29, 0.717) is 28.9 Å². The molecule has 39 heavy (non-hydrogen) atoms. The molecule has 0 amide bonds. The minimum absolute atomic E-state index is 0.298. The highest BCUT2D eigenvalue weighted by atomic mass is 19.1. The van der Waals surface area contributed by atoms with Gasteiger partial charge in [-0.1, -0.05) is 48.5 Å². The number of nitrogens with one attached hydrogen (secondary N) is 1. The summed E-state index contributed by atoms with van der Waals surface area (Å²) in [6.07, 6.45) is 1.72. The van der Waals surface area contributed by atoms with Crippen molar-refractivity contribution in [3.8, 4) is 5.82 Å². The first-order valence-corrected chi connectivity index (χ1v) is 12.7. The molecule has 190 valence electrons. The Balaban J connectivity index is 1.52. The molecule has 2 aromatic heterocycles. The second-order valence-electron chi connectivity index (χ2n) is 9.60. The van der Waals surface area contributed by atoms with Crippen LogP contribution in [0, 0.1) is 19.7 Å². The van der Waals surface area contributed by atoms with E-state index < -0.39 is 6.04 Å². The lowest BCUT2D eigenvalue weighted by atomic mass is 9.93. The molecule has 0 saturated heterocycles. The molecule has 0 spiro atoms. The number of fused-ring (bicyclic) bond motifs is 4. The van der Waals surface area contributed by atoms with Crippen molar-refractivity contribution in [1.29, 1.82) is 0 Å². The highest BCUT2D eigenvalue weighted by Crippen LogP contribution is 2.48. The molecule has 2 aliphatic heterocycles. The lowest BCUT2D eigenvalue weighted by Gasteiger charge is -2.40. The molecule has 0 bridgehead atoms. The van der Waals surface area contributed by atoms with Gasteiger partial charge < -0.3 is 10.2 Å². The average Bonchev–Trinajstić information content (AvgIpc) is 3.29. The van der Waals surface area contributed by atoms with Gasteiger partial charge in [0.05, 0.1) is 23.1 Å². The van der Waals surface area contributed by atoms with Crippen LogP contribution in [0.15, 0.2) is 107 Å². The van der Waals surface area contributed by atoms with Crippen LogP contribution in [0.1, 0.15) is 28.4 Å². The summed E-state index contributed by atoms with van der Waals surface area (Å²) in [4.78, 5) is 16.7. The SMILES string of the molecule is Cc1cccc(NC2=Nc3ccccc3N3C2=Nc2c(c(C)nn2-c2ccccn2)C3c2ccccc2F)c1. The number of halogens is 1. The van der Waals surface area contributed by atoms with Gasteiger partial charge in [0.2, 0.25) is 0 Å². The molecule has 0 fully saturated rings. The summed E-state index contributed by atoms with van der Waals surface area (Å²) in [6.45, 7) is 3.98. The first kappa shape index (κ1) is 23.0. The highest BCUT2D eigenvalue weighted by molar-refractivity contribution is 6.51. The van der Waals surface area contributed by atoms with Crippen molar-refractivity contribution in [2.75, 3.05) is 10.2 Å². The number of nitrogens with zero attached hydrogens (tertiary/aromatic N) is 6. The molecule has 0 aliphatic carbocycles. The molecule has 4 heterocycles. The Morgan fingerprint density at radius 2 is 1.67 bits per heavy atom. The maximum atomic E-state index is 15.6. The van der Waals surface area contributed by atoms with Crippen LogP contribution in [0.25, 0.3) is 5.82 Å². The molecule has 3 aromatic carbocycles. The number of amidine groups is 2. The van der Waals surface area contributed by atoms with Gasteiger partial charge in [0.1, 0.15) is 5.82 Å². The van der Waals surface area contributed by atoms with Crippen LogP contribution < -0.4 is 10.2 Å². The lowest BCUT2D eigenvalue weighted by Crippen LogP contribution is -2.46. The number of benzene rings is 3. The Labute approximate surface area is 225 Å². The standard InChI is InChI=1S/C31H24FN7/c1-19-10-9-11-21(18-19)34-29-31-36-30-27(20(2)37-39(30)26-16-7-8-17-33-26)28(22-12-3-4-13-23(22)32)38(31)25-15-6-5-14-24(25)35-29/h3-18,28H,1-2H3,(H,34,35). The molecule has 1 N–H and O–H groups in total. The van der Waals surface area contributed by atoms with Crippen LogP contribution >= 0.6 is 0 Å². The maximum absolute atomic E-state index is 15.6. The maximum Gasteiger partial charge on any atom is 0.179 e. The van der Waals surface area contributed by atoms with Crippen LogP contribution in [0.2, 0.25) is 0 Å². The van der Waals surface area contributed by atoms with Gasteiger partial charge in [0.25, 0.3) is 0 Å². The van der Waals surface area contributed by atoms with E-state index in [0.717, 1.165) is 33.9 Å². The van der Waals surface area contributed by atoms with Gasteiger partial charge in [-0.25, -0.2) is 19.4 Å². The number of anilines is 2. The summed E-state index contributed by atoms with van der Waals surface area (Å²) in [6, 6.07) is 28.0. The van der Waals surface area contributed by atoms with Gasteiger partial charge >= 0.3 is 0 Å². The molecule has 1 unspecified atom stereocenters. The first-order valence-electron chi connectivity index (χ1n) is 12.7. The van der Waals surface area contributed by atoms with Crippen molar-refractivity contribution in [3.63, 3.8) is 0 Å². The second kappa shape index (κ2) is 9.02. The van der Waals surface area contributed by atoms with Gasteiger partial charge in [0, 0.05) is 23.0 Å². The van der Waals surface area contributed by atoms with Gasteiger partial charge in [-0.3, -0.25) is 0 Å². The molecular weight excluding hydrogens is 489 g/mol. The van der Waals surface area contributed by atoms with E-state index in [9.17, 15) is 0 Å². The third kappa shape index (κ3) is 3.80. The fourth-order valence-electron chi connectivity index (χ4n) is 5.29. The van der Waals surface area contributed by atoms with Crippen molar-refractivity contribution >= 4 is 34.6 Å². The topological polar surface area (TPSA) is 70.7 Å². The molecule has 1 atom stereocenters. The molecular formula is C31H24FN7. The number of para-hydroxylation sites is 2. The zero-order valence-corrected chi connectivity index (χ0v) is 21.4. The lowest BCUT2D eigenvalue weighted by molar-refractivity contribution is 0.597. The molecule has 7 nitrogen and oxygen atoms in total. The van der Waals surface area contributed by atoms with E-state index in [1.807, 2.05) is 86.6 Å². The van der Waals surface area contributed by atoms with E-state index in [4.69, 9.17) is 15.1 Å². The van der Waals surface area contributed by atoms with Crippen LogP contribution in [0.4, 0.5) is 27.3 Å². The highest BCUT2D eigenvalue weighted by Gasteiger charge is 2.42. The number of aryl methyl sites for hydroxylation is 2. The first-order chi connectivity index (χ1) is 19.1. The molecule has 0 saturated carbocycles. The van der Waals surface area contributed by atoms with Crippen LogP contribution in [-0.4, -0.2) is 26.4 Å². The van der Waals surface area contributed by atoms with Crippen LogP contribution in [0.3, 0.4) is 0 Å². The molecule has 5 aromatic rings. The Bertz CT molecular complexity index is 1790. The average molecular weight is 514 g/mol. The zero-order valence-electron chi connectivity index (χ0n) is 21.4. The van der Waals surface area contributed by atoms with E-state index in [1.54, 1.807) is 16.9 Å². The molecule has 2 aliphatic rings. The number of pyridine rings is 1. The van der Waals surface area contributed by atoms with Gasteiger partial charge in [-0.15, -0.1) is 0 Å². The largest absolute Gasteiger partial charge is 0.337 e. The number of aromatic nitrogens is 3. The Morgan fingerprint density at radius 1 is 0.846 bits per heavy atom. The molecule has 8 heteroatoms. The summed E-state index contributed by atoms with van der Waals surface area (Å²) in [5, 5.41) is 8.32. The third-order valence-electron chi connectivity index (χ3n) is 6.99. The number of rotatable bonds is 3. The van der Waals surface area contributed by atoms with Crippen LogP contribution in [-0.2, 0) is 0 Å². The van der Waals surface area contributed by atoms with Crippen molar-refractivity contribution in [1.82, 2.24) is 14.8 Å². The molecule has 7 rings (SSSR count). The fraction of sp³-hybridized carbons (Fsp3) is 0.0968. The summed E-state index contributed by atoms with van der Waals surface area (Å²) >= 11 is 0. The Kier molecular flexibility index (Phi) is 5.33. The number of hydrogen-bond acceptors (Lipinski definition) is 6. The fourth-order valence-corrected chi connectivity index (χ4v) is 5.29. The van der Waals surface area contributed by atoms with E-state index in [-0.39, 0.29) is 5.82 Å². The molecule has 0 radical (unpaired) electrons. The van der Waals surface area contributed by atoms with E-state index in [2.05, 4.69) is 21.3 Å². The summed E-state index contributed by atoms with van der Waals surface area (Å²) in [5.74, 6) is 2.08. The summed E-state index contributed by atoms with van der Waals surface area (Å²) < 4.78 is 17.3. The van der Waals surface area contributed by atoms with E-state index >= 15 is 4.39 Å². The Morgan fingerprint density at radius 3 is 2.49 bits per heavy atom. The van der Waals surface area contributed by atoms with Gasteiger partial charge in [0.15, 0.2) is 23.3 Å². The Hall–Kier alpha value is -5.11. The van der Waals surface area contributed by atoms with Crippen LogP contribution in [0.5, 0.6) is 0 Å². The van der Waals surface area contributed by atoms with Gasteiger partial charge in [-0.2, -0.15) is 9.78 Å². The smallest absolute Gasteiger partial charge is 0.179 e. The van der Waals surface area contributed by atoms with Crippen molar-refractivity contribution in [2.24, 2.45) is 9.98 Å². The zero-order chi connectivity index (χ0) is 26.5. The minimum Gasteiger partial charge on any atom is -0.337 e. The normalized spacial score (nSPS) is 15.6. The predicted octanol–water partition coefficient (Wildman–Crippen LogP) is 6.82. The predicted molar refractivity (Wildman–Crippen MR) is 152 cm³/mol. The van der Waals surface area contributed by atoms with E-state index in [1.165, 1.54) is 6.07 Å². The monoisotopic (exact) mass is 513 g/mol. The quantitative estimate of drug-likeness (QED) is 0.287. The van der Waals surface area contributed by atoms with Gasteiger partial charge in [-0.05, 0) is 61.9 Å². The van der Waals surface area contributed by atoms with Crippen molar-refractivity contribution in [2.45, 2.75) is 19.9 Å². The number of aliphatic imine (C=N–C) groups is 2. The minimum atomic E-state index is -0.530. The summed E-state index contributed by atoms with van der Waals surface area (Å²) in [7, 11) is 0.